The number of rotatable bonds is 6. The Morgan fingerprint density at radius 1 is 1.32 bits per heavy atom. The lowest BCUT2D eigenvalue weighted by atomic mass is 10.0. The minimum atomic E-state index is -0.491. The van der Waals surface area contributed by atoms with Crippen LogP contribution < -0.4 is 5.32 Å². The summed E-state index contributed by atoms with van der Waals surface area (Å²) in [5.74, 6) is -0.0292. The molecule has 1 aromatic heterocycles. The third kappa shape index (κ3) is 4.54. The first kappa shape index (κ1) is 17.4. The van der Waals surface area contributed by atoms with E-state index in [1.165, 1.54) is 17.0 Å². The van der Waals surface area contributed by atoms with Crippen molar-refractivity contribution in [2.45, 2.75) is 25.0 Å². The zero-order chi connectivity index (χ0) is 17.8. The van der Waals surface area contributed by atoms with Crippen molar-refractivity contribution in [2.24, 2.45) is 5.92 Å². The van der Waals surface area contributed by atoms with Crippen LogP contribution in [0.25, 0.3) is 0 Å². The summed E-state index contributed by atoms with van der Waals surface area (Å²) in [5.41, 5.74) is 1.41. The fourth-order valence-electron chi connectivity index (χ4n) is 2.76. The molecule has 5 nitrogen and oxygen atoms in total. The molecule has 1 aliphatic rings. The molecule has 0 radical (unpaired) electrons. The van der Waals surface area contributed by atoms with Gasteiger partial charge in [0.2, 0.25) is 0 Å². The number of halogens is 1. The average Bonchev–Trinajstić information content (AvgIpc) is 3.46. The number of aromatic nitrogens is 1. The van der Waals surface area contributed by atoms with Crippen molar-refractivity contribution in [1.82, 2.24) is 15.2 Å². The third-order valence-electron chi connectivity index (χ3n) is 4.43. The molecule has 0 spiro atoms. The van der Waals surface area contributed by atoms with E-state index < -0.39 is 12.1 Å². The van der Waals surface area contributed by atoms with Gasteiger partial charge in [-0.25, -0.2) is 9.18 Å². The fourth-order valence-corrected chi connectivity index (χ4v) is 2.76. The predicted octanol–water partition coefficient (Wildman–Crippen LogP) is 2.72. The summed E-state index contributed by atoms with van der Waals surface area (Å²) in [7, 11) is 1.65. The van der Waals surface area contributed by atoms with Gasteiger partial charge >= 0.3 is 6.03 Å². The standard InChI is InChI=1S/C19H22FN3O2/c1-23(12-17(24)13-5-6-13)19(25)22-18(16-4-2-3-11-21-16)14-7-9-15(20)10-8-14/h2-4,7-11,13,17-18,24H,5-6,12H2,1H3,(H,22,25)/t17-,18-/m1/s1. The van der Waals surface area contributed by atoms with Crippen LogP contribution in [0, 0.1) is 11.7 Å². The number of nitrogens with one attached hydrogen (secondary N) is 1. The quantitative estimate of drug-likeness (QED) is 0.848. The van der Waals surface area contributed by atoms with Crippen LogP contribution in [-0.4, -0.2) is 40.7 Å². The zero-order valence-electron chi connectivity index (χ0n) is 14.1. The highest BCUT2D eigenvalue weighted by molar-refractivity contribution is 5.75. The number of carbonyl (C=O) groups excluding carboxylic acids is 1. The van der Waals surface area contributed by atoms with Gasteiger partial charge in [0.25, 0.3) is 0 Å². The summed E-state index contributed by atoms with van der Waals surface area (Å²) < 4.78 is 13.2. The molecule has 2 N–H and O–H groups in total. The predicted molar refractivity (Wildman–Crippen MR) is 92.4 cm³/mol. The van der Waals surface area contributed by atoms with Crippen LogP contribution in [0.2, 0.25) is 0 Å². The molecule has 2 aromatic rings. The molecule has 132 valence electrons. The lowest BCUT2D eigenvalue weighted by Gasteiger charge is -2.25. The van der Waals surface area contributed by atoms with Crippen molar-refractivity contribution in [3.63, 3.8) is 0 Å². The van der Waals surface area contributed by atoms with Gasteiger partial charge in [0.15, 0.2) is 0 Å². The number of nitrogens with zero attached hydrogens (tertiary/aromatic N) is 2. The molecule has 0 bridgehead atoms. The van der Waals surface area contributed by atoms with Gasteiger partial charge in [-0.15, -0.1) is 0 Å². The number of aliphatic hydroxyl groups is 1. The van der Waals surface area contributed by atoms with Crippen LogP contribution in [0.1, 0.15) is 30.1 Å². The van der Waals surface area contributed by atoms with Crippen LogP contribution in [-0.2, 0) is 0 Å². The number of pyridine rings is 1. The summed E-state index contributed by atoms with van der Waals surface area (Å²) in [5, 5.41) is 13.0. The van der Waals surface area contributed by atoms with Gasteiger partial charge in [-0.05, 0) is 48.6 Å². The van der Waals surface area contributed by atoms with Gasteiger partial charge in [-0.1, -0.05) is 18.2 Å². The van der Waals surface area contributed by atoms with Crippen LogP contribution in [0.4, 0.5) is 9.18 Å². The Kier molecular flexibility index (Phi) is 5.28. The lowest BCUT2D eigenvalue weighted by Crippen LogP contribution is -2.43. The minimum Gasteiger partial charge on any atom is -0.391 e. The Bertz CT molecular complexity index is 704. The van der Waals surface area contributed by atoms with E-state index in [-0.39, 0.29) is 18.4 Å². The highest BCUT2D eigenvalue weighted by atomic mass is 19.1. The second kappa shape index (κ2) is 7.61. The van der Waals surface area contributed by atoms with E-state index in [2.05, 4.69) is 10.3 Å². The Balaban J connectivity index is 1.75. The van der Waals surface area contributed by atoms with Crippen molar-refractivity contribution in [3.05, 3.63) is 65.7 Å². The highest BCUT2D eigenvalue weighted by Crippen LogP contribution is 2.32. The maximum atomic E-state index is 13.2. The first-order valence-electron chi connectivity index (χ1n) is 8.40. The van der Waals surface area contributed by atoms with Crippen molar-refractivity contribution in [2.75, 3.05) is 13.6 Å². The van der Waals surface area contributed by atoms with Crippen LogP contribution in [0.15, 0.2) is 48.7 Å². The smallest absolute Gasteiger partial charge is 0.318 e. The van der Waals surface area contributed by atoms with Crippen molar-refractivity contribution >= 4 is 6.03 Å². The Morgan fingerprint density at radius 2 is 2.04 bits per heavy atom. The Morgan fingerprint density at radius 3 is 2.64 bits per heavy atom. The Hall–Kier alpha value is -2.47. The highest BCUT2D eigenvalue weighted by Gasteiger charge is 2.31. The average molecular weight is 343 g/mol. The number of hydrogen-bond donors (Lipinski definition) is 2. The molecule has 1 aliphatic carbocycles. The van der Waals surface area contributed by atoms with E-state index in [4.69, 9.17) is 0 Å². The van der Waals surface area contributed by atoms with Gasteiger partial charge < -0.3 is 15.3 Å². The second-order valence-corrected chi connectivity index (χ2v) is 6.47. The molecule has 0 unspecified atom stereocenters. The summed E-state index contributed by atoms with van der Waals surface area (Å²) in [6.45, 7) is 0.287. The molecular weight excluding hydrogens is 321 g/mol. The van der Waals surface area contributed by atoms with Crippen molar-refractivity contribution < 1.29 is 14.3 Å². The molecule has 25 heavy (non-hydrogen) atoms. The van der Waals surface area contributed by atoms with Crippen molar-refractivity contribution in [3.8, 4) is 0 Å². The van der Waals surface area contributed by atoms with Gasteiger partial charge in [-0.2, -0.15) is 0 Å². The summed E-state index contributed by atoms with van der Waals surface area (Å²) in [6.07, 6.45) is 3.19. The van der Waals surface area contributed by atoms with E-state index in [0.29, 0.717) is 11.6 Å². The second-order valence-electron chi connectivity index (χ2n) is 6.47. The first-order valence-corrected chi connectivity index (χ1v) is 8.40. The van der Waals surface area contributed by atoms with E-state index >= 15 is 0 Å². The molecule has 2 amide bonds. The van der Waals surface area contributed by atoms with Gasteiger partial charge in [0.05, 0.1) is 17.8 Å². The SMILES string of the molecule is CN(C[C@@H](O)C1CC1)C(=O)N[C@H](c1ccc(F)cc1)c1ccccn1. The lowest BCUT2D eigenvalue weighted by molar-refractivity contribution is 0.113. The molecule has 1 saturated carbocycles. The summed E-state index contributed by atoms with van der Waals surface area (Å²) >= 11 is 0. The van der Waals surface area contributed by atoms with Gasteiger partial charge in [0, 0.05) is 19.8 Å². The topological polar surface area (TPSA) is 65.5 Å². The molecule has 1 heterocycles. The number of amides is 2. The Labute approximate surface area is 146 Å². The maximum absolute atomic E-state index is 13.2. The number of likely N-dealkylation sites (N-methyl/N-ethyl adjacent to an activating group) is 1. The van der Waals surface area contributed by atoms with Crippen LogP contribution in [0.3, 0.4) is 0 Å². The van der Waals surface area contributed by atoms with Gasteiger partial charge in [0.1, 0.15) is 5.82 Å². The third-order valence-corrected chi connectivity index (χ3v) is 4.43. The van der Waals surface area contributed by atoms with E-state index in [1.807, 2.05) is 12.1 Å². The largest absolute Gasteiger partial charge is 0.391 e. The number of aliphatic hydroxyl groups excluding tert-OH is 1. The number of benzene rings is 1. The molecule has 2 atom stereocenters. The molecule has 3 rings (SSSR count). The molecule has 1 aromatic carbocycles. The number of carbonyl (C=O) groups is 1. The van der Waals surface area contributed by atoms with Crippen LogP contribution >= 0.6 is 0 Å². The minimum absolute atomic E-state index is 0.287. The normalized spacial score (nSPS) is 16.1. The maximum Gasteiger partial charge on any atom is 0.318 e. The number of hydrogen-bond acceptors (Lipinski definition) is 3. The molecule has 6 heteroatoms. The summed E-state index contributed by atoms with van der Waals surface area (Å²) in [6, 6.07) is 10.6. The van der Waals surface area contributed by atoms with E-state index in [0.717, 1.165) is 18.4 Å². The molecule has 0 saturated heterocycles. The van der Waals surface area contributed by atoms with E-state index in [9.17, 15) is 14.3 Å². The van der Waals surface area contributed by atoms with Crippen molar-refractivity contribution in [1.29, 1.82) is 0 Å². The molecule has 0 aliphatic heterocycles. The fraction of sp³-hybridized carbons (Fsp3) is 0.368. The zero-order valence-corrected chi connectivity index (χ0v) is 14.1. The monoisotopic (exact) mass is 343 g/mol. The molecular formula is C19H22FN3O2. The van der Waals surface area contributed by atoms with E-state index in [1.54, 1.807) is 31.4 Å². The van der Waals surface area contributed by atoms with Gasteiger partial charge in [-0.3, -0.25) is 4.98 Å². The summed E-state index contributed by atoms with van der Waals surface area (Å²) in [4.78, 5) is 18.3. The molecule has 1 fully saturated rings. The first-order chi connectivity index (χ1) is 12.0. The van der Waals surface area contributed by atoms with Crippen LogP contribution in [0.5, 0.6) is 0 Å². The number of urea groups is 1.